The van der Waals surface area contributed by atoms with E-state index < -0.39 is 0 Å². The molecule has 1 atom stereocenters. The summed E-state index contributed by atoms with van der Waals surface area (Å²) in [5.41, 5.74) is 6.53. The molecule has 2 aromatic carbocycles. The van der Waals surface area contributed by atoms with Crippen LogP contribution in [0.4, 0.5) is 11.5 Å². The lowest BCUT2D eigenvalue weighted by molar-refractivity contribution is 0.131. The van der Waals surface area contributed by atoms with Crippen molar-refractivity contribution in [3.63, 3.8) is 0 Å². The summed E-state index contributed by atoms with van der Waals surface area (Å²) in [5, 5.41) is 14.9. The first-order valence-electron chi connectivity index (χ1n) is 10.9. The Morgan fingerprint density at radius 3 is 2.67 bits per heavy atom. The lowest BCUT2D eigenvalue weighted by atomic mass is 9.79. The second kappa shape index (κ2) is 7.24. The third kappa shape index (κ3) is 3.21. The second-order valence-electron chi connectivity index (χ2n) is 9.18. The monoisotopic (exact) mass is 402 g/mol. The number of rotatable bonds is 4. The average molecular weight is 403 g/mol. The first-order valence-corrected chi connectivity index (χ1v) is 10.9. The Kier molecular flexibility index (Phi) is 4.66. The van der Waals surface area contributed by atoms with Crippen molar-refractivity contribution >= 4 is 22.3 Å². The number of nitrogens with one attached hydrogen (secondary N) is 1. The van der Waals surface area contributed by atoms with Crippen molar-refractivity contribution in [3.05, 3.63) is 58.8 Å². The fourth-order valence-corrected chi connectivity index (χ4v) is 4.95. The van der Waals surface area contributed by atoms with Crippen molar-refractivity contribution in [3.8, 4) is 0 Å². The predicted octanol–water partition coefficient (Wildman–Crippen LogP) is 4.95. The zero-order chi connectivity index (χ0) is 20.9. The molecular formula is C25H30N4O. The number of nitrogens with zero attached hydrogens (tertiary/aromatic N) is 3. The van der Waals surface area contributed by atoms with Crippen LogP contribution in [0, 0.1) is 26.2 Å². The van der Waals surface area contributed by atoms with Crippen molar-refractivity contribution in [1.82, 2.24) is 10.2 Å². The fraction of sp³-hybridized carbons (Fsp3) is 0.440. The van der Waals surface area contributed by atoms with Crippen LogP contribution in [0.5, 0.6) is 0 Å². The number of ether oxygens (including phenoxy) is 1. The summed E-state index contributed by atoms with van der Waals surface area (Å²) in [4.78, 5) is 2.46. The molecule has 0 bridgehead atoms. The number of fused-ring (bicyclic) bond motifs is 1. The van der Waals surface area contributed by atoms with Gasteiger partial charge in [0.05, 0.1) is 18.3 Å². The molecule has 5 heteroatoms. The van der Waals surface area contributed by atoms with E-state index in [2.05, 4.69) is 77.6 Å². The molecule has 2 fully saturated rings. The minimum absolute atomic E-state index is 0.150. The summed E-state index contributed by atoms with van der Waals surface area (Å²) in [6, 6.07) is 13.3. The summed E-state index contributed by atoms with van der Waals surface area (Å²) in [6.45, 7) is 12.5. The van der Waals surface area contributed by atoms with Crippen LogP contribution in [0.15, 0.2) is 36.4 Å². The van der Waals surface area contributed by atoms with Gasteiger partial charge in [0.25, 0.3) is 0 Å². The van der Waals surface area contributed by atoms with E-state index in [1.165, 1.54) is 28.8 Å². The number of hydrogen-bond donors (Lipinski definition) is 1. The van der Waals surface area contributed by atoms with Crippen LogP contribution in [0.3, 0.4) is 0 Å². The van der Waals surface area contributed by atoms with Gasteiger partial charge in [-0.3, -0.25) is 0 Å². The van der Waals surface area contributed by atoms with Crippen LogP contribution in [0.2, 0.25) is 0 Å². The van der Waals surface area contributed by atoms with Crippen LogP contribution < -0.4 is 10.2 Å². The highest BCUT2D eigenvalue weighted by Crippen LogP contribution is 2.42. The lowest BCUT2D eigenvalue weighted by Crippen LogP contribution is -2.56. The normalized spacial score (nSPS) is 18.6. The van der Waals surface area contributed by atoms with Gasteiger partial charge >= 0.3 is 0 Å². The average Bonchev–Trinajstić information content (AvgIpc) is 3.21. The minimum Gasteiger partial charge on any atom is -0.381 e. The van der Waals surface area contributed by atoms with Gasteiger partial charge in [0, 0.05) is 41.6 Å². The molecule has 1 spiro atoms. The van der Waals surface area contributed by atoms with E-state index >= 15 is 0 Å². The Morgan fingerprint density at radius 1 is 1.07 bits per heavy atom. The van der Waals surface area contributed by atoms with Gasteiger partial charge in [0.1, 0.15) is 0 Å². The van der Waals surface area contributed by atoms with E-state index in [0.717, 1.165) is 48.6 Å². The van der Waals surface area contributed by atoms with Gasteiger partial charge in [-0.25, -0.2) is 0 Å². The van der Waals surface area contributed by atoms with Gasteiger partial charge < -0.3 is 15.0 Å². The molecule has 156 valence electrons. The van der Waals surface area contributed by atoms with Crippen molar-refractivity contribution in [1.29, 1.82) is 0 Å². The first-order chi connectivity index (χ1) is 14.5. The molecule has 0 radical (unpaired) electrons. The standard InChI is InChI=1S/C25H30N4O/c1-16-6-5-7-21(17(16)2)18(3)26-24-23-12-20(8-9-22(23)19(4)27-28-24)29-13-25(14-29)10-11-30-15-25/h5-9,12,18H,10-11,13-15H2,1-4H3,(H,26,28)/t18-/m1/s1. The molecule has 2 aliphatic heterocycles. The van der Waals surface area contributed by atoms with Gasteiger partial charge in [0.15, 0.2) is 5.82 Å². The molecule has 0 saturated carbocycles. The lowest BCUT2D eigenvalue weighted by Gasteiger charge is -2.48. The van der Waals surface area contributed by atoms with E-state index in [4.69, 9.17) is 4.74 Å². The largest absolute Gasteiger partial charge is 0.381 e. The number of aromatic nitrogens is 2. The molecule has 2 aliphatic rings. The van der Waals surface area contributed by atoms with Crippen molar-refractivity contribution in [2.75, 3.05) is 36.5 Å². The quantitative estimate of drug-likeness (QED) is 0.669. The van der Waals surface area contributed by atoms with E-state index in [9.17, 15) is 0 Å². The number of aryl methyl sites for hydroxylation is 2. The molecule has 0 aliphatic carbocycles. The van der Waals surface area contributed by atoms with Crippen molar-refractivity contribution in [2.45, 2.75) is 40.2 Å². The highest BCUT2D eigenvalue weighted by Gasteiger charge is 2.45. The Bertz CT molecular complexity index is 1100. The molecule has 0 unspecified atom stereocenters. The maximum atomic E-state index is 5.64. The summed E-state index contributed by atoms with van der Waals surface area (Å²) in [5.74, 6) is 0.852. The molecule has 0 amide bonds. The predicted molar refractivity (Wildman–Crippen MR) is 122 cm³/mol. The Morgan fingerprint density at radius 2 is 1.90 bits per heavy atom. The molecule has 5 rings (SSSR count). The topological polar surface area (TPSA) is 50.3 Å². The smallest absolute Gasteiger partial charge is 0.157 e. The van der Waals surface area contributed by atoms with Gasteiger partial charge in [-0.05, 0) is 62.9 Å². The van der Waals surface area contributed by atoms with Crippen molar-refractivity contribution < 1.29 is 4.74 Å². The minimum atomic E-state index is 0.150. The van der Waals surface area contributed by atoms with E-state index in [-0.39, 0.29) is 6.04 Å². The molecule has 3 aromatic rings. The molecule has 30 heavy (non-hydrogen) atoms. The SMILES string of the molecule is Cc1cccc([C@@H](C)Nc2nnc(C)c3ccc(N4CC5(CCOC5)C4)cc23)c1C. The van der Waals surface area contributed by atoms with Gasteiger partial charge in [0.2, 0.25) is 0 Å². The number of anilines is 2. The first kappa shape index (κ1) is 19.3. The molecule has 2 saturated heterocycles. The third-order valence-electron chi connectivity index (χ3n) is 7.02. The maximum absolute atomic E-state index is 5.64. The molecular weight excluding hydrogens is 372 g/mol. The van der Waals surface area contributed by atoms with E-state index in [0.29, 0.717) is 5.41 Å². The van der Waals surface area contributed by atoms with Crippen molar-refractivity contribution in [2.24, 2.45) is 5.41 Å². The van der Waals surface area contributed by atoms with E-state index in [1.807, 2.05) is 6.92 Å². The summed E-state index contributed by atoms with van der Waals surface area (Å²) < 4.78 is 5.64. The summed E-state index contributed by atoms with van der Waals surface area (Å²) in [6.07, 6.45) is 1.18. The third-order valence-corrected chi connectivity index (χ3v) is 7.02. The van der Waals surface area contributed by atoms with Gasteiger partial charge in [-0.1, -0.05) is 24.3 Å². The molecule has 3 heterocycles. The Labute approximate surface area is 178 Å². The van der Waals surface area contributed by atoms with Crippen LogP contribution in [-0.4, -0.2) is 36.5 Å². The maximum Gasteiger partial charge on any atom is 0.157 e. The zero-order valence-corrected chi connectivity index (χ0v) is 18.3. The molecule has 1 aromatic heterocycles. The molecule has 5 nitrogen and oxygen atoms in total. The fourth-order valence-electron chi connectivity index (χ4n) is 4.95. The van der Waals surface area contributed by atoms with Crippen LogP contribution >= 0.6 is 0 Å². The van der Waals surface area contributed by atoms with Gasteiger partial charge in [-0.15, -0.1) is 5.10 Å². The zero-order valence-electron chi connectivity index (χ0n) is 18.3. The highest BCUT2D eigenvalue weighted by molar-refractivity contribution is 5.95. The summed E-state index contributed by atoms with van der Waals surface area (Å²) in [7, 11) is 0. The van der Waals surface area contributed by atoms with Crippen LogP contribution in [0.1, 0.15) is 41.8 Å². The van der Waals surface area contributed by atoms with E-state index in [1.54, 1.807) is 0 Å². The van der Waals surface area contributed by atoms with Crippen LogP contribution in [-0.2, 0) is 4.74 Å². The Hall–Kier alpha value is -2.66. The highest BCUT2D eigenvalue weighted by atomic mass is 16.5. The van der Waals surface area contributed by atoms with Gasteiger partial charge in [-0.2, -0.15) is 5.10 Å². The Balaban J connectivity index is 1.46. The summed E-state index contributed by atoms with van der Waals surface area (Å²) >= 11 is 0. The molecule has 1 N–H and O–H groups in total. The number of benzene rings is 2. The second-order valence-corrected chi connectivity index (χ2v) is 9.18. The van der Waals surface area contributed by atoms with Crippen LogP contribution in [0.25, 0.3) is 10.8 Å². The number of hydrogen-bond acceptors (Lipinski definition) is 5.